The van der Waals surface area contributed by atoms with Crippen LogP contribution in [0.25, 0.3) is 11.3 Å². The smallest absolute Gasteiger partial charge is 0.148 e. The largest absolute Gasteiger partial charge is 0.496 e. The maximum atomic E-state index is 5.39. The summed E-state index contributed by atoms with van der Waals surface area (Å²) in [6.07, 6.45) is 0. The average Bonchev–Trinajstić information content (AvgIpc) is 2.46. The number of nitrogens with one attached hydrogen (secondary N) is 1. The van der Waals surface area contributed by atoms with Gasteiger partial charge in [0, 0.05) is 12.6 Å². The van der Waals surface area contributed by atoms with E-state index < -0.39 is 0 Å². The summed E-state index contributed by atoms with van der Waals surface area (Å²) in [6, 6.07) is 9.99. The van der Waals surface area contributed by atoms with E-state index in [4.69, 9.17) is 4.74 Å². The highest BCUT2D eigenvalue weighted by Gasteiger charge is 2.10. The molecule has 0 spiro atoms. The monoisotopic (exact) mass is 257 g/mol. The highest BCUT2D eigenvalue weighted by Crippen LogP contribution is 2.30. The molecule has 1 heterocycles. The molecule has 0 aliphatic rings. The number of hydrogen-bond donors (Lipinski definition) is 1. The summed E-state index contributed by atoms with van der Waals surface area (Å²) in [6.45, 7) is 4.30. The Morgan fingerprint density at radius 2 is 1.89 bits per heavy atom. The molecule has 4 heteroatoms. The molecule has 1 aromatic heterocycles. The fraction of sp³-hybridized carbons (Fsp3) is 0.333. The zero-order valence-corrected chi connectivity index (χ0v) is 11.8. The van der Waals surface area contributed by atoms with Gasteiger partial charge in [-0.1, -0.05) is 13.8 Å². The minimum absolute atomic E-state index is 0.402. The maximum absolute atomic E-state index is 5.39. The summed E-state index contributed by atoms with van der Waals surface area (Å²) >= 11 is 0. The second kappa shape index (κ2) is 5.69. The molecule has 0 fully saturated rings. The predicted octanol–water partition coefficient (Wildman–Crippen LogP) is 3.32. The van der Waals surface area contributed by atoms with Gasteiger partial charge in [-0.2, -0.15) is 0 Å². The molecule has 0 unspecified atom stereocenters. The number of nitrogens with zero attached hydrogens (tertiary/aromatic N) is 2. The standard InChI is InChI=1S/C15H19N3O/c1-10(2)12-9-11(5-7-14(12)19-4)13-6-8-15(16-3)18-17-13/h5-10H,1-4H3,(H,16,18). The van der Waals surface area contributed by atoms with Gasteiger partial charge in [0.05, 0.1) is 12.8 Å². The molecule has 2 aromatic rings. The van der Waals surface area contributed by atoms with E-state index in [1.165, 1.54) is 5.56 Å². The molecule has 0 aliphatic carbocycles. The second-order valence-corrected chi connectivity index (χ2v) is 4.67. The lowest BCUT2D eigenvalue weighted by molar-refractivity contribution is 0.407. The summed E-state index contributed by atoms with van der Waals surface area (Å²) in [5.41, 5.74) is 3.10. The first-order chi connectivity index (χ1) is 9.15. The fourth-order valence-electron chi connectivity index (χ4n) is 1.96. The molecule has 19 heavy (non-hydrogen) atoms. The molecule has 100 valence electrons. The van der Waals surface area contributed by atoms with E-state index in [1.54, 1.807) is 7.11 Å². The van der Waals surface area contributed by atoms with Gasteiger partial charge in [-0.3, -0.25) is 0 Å². The molecule has 2 rings (SSSR count). The molecular formula is C15H19N3O. The molecule has 0 saturated carbocycles. The Morgan fingerprint density at radius 1 is 1.11 bits per heavy atom. The lowest BCUT2D eigenvalue weighted by Crippen LogP contribution is -1.97. The average molecular weight is 257 g/mol. The van der Waals surface area contributed by atoms with Crippen LogP contribution >= 0.6 is 0 Å². The number of rotatable bonds is 4. The summed E-state index contributed by atoms with van der Waals surface area (Å²) < 4.78 is 5.39. The van der Waals surface area contributed by atoms with Gasteiger partial charge in [-0.05, 0) is 41.8 Å². The maximum Gasteiger partial charge on any atom is 0.148 e. The number of benzene rings is 1. The Balaban J connectivity index is 2.41. The normalized spacial score (nSPS) is 10.6. The van der Waals surface area contributed by atoms with Gasteiger partial charge in [0.25, 0.3) is 0 Å². The SMILES string of the molecule is CNc1ccc(-c2ccc(OC)c(C(C)C)c2)nn1. The van der Waals surface area contributed by atoms with Crippen LogP contribution in [0.3, 0.4) is 0 Å². The fourth-order valence-corrected chi connectivity index (χ4v) is 1.96. The van der Waals surface area contributed by atoms with Crippen LogP contribution in [-0.4, -0.2) is 24.4 Å². The summed E-state index contributed by atoms with van der Waals surface area (Å²) in [5.74, 6) is 2.08. The highest BCUT2D eigenvalue weighted by molar-refractivity contribution is 5.62. The van der Waals surface area contributed by atoms with Crippen molar-refractivity contribution >= 4 is 5.82 Å². The molecule has 1 N–H and O–H groups in total. The quantitative estimate of drug-likeness (QED) is 0.912. The van der Waals surface area contributed by atoms with Gasteiger partial charge in [0.15, 0.2) is 0 Å². The Morgan fingerprint density at radius 3 is 2.42 bits per heavy atom. The van der Waals surface area contributed by atoms with Gasteiger partial charge in [0.2, 0.25) is 0 Å². The van der Waals surface area contributed by atoms with Gasteiger partial charge in [-0.15, -0.1) is 10.2 Å². The second-order valence-electron chi connectivity index (χ2n) is 4.67. The minimum atomic E-state index is 0.402. The number of aromatic nitrogens is 2. The molecule has 1 aromatic carbocycles. The van der Waals surface area contributed by atoms with Crippen LogP contribution in [0.4, 0.5) is 5.82 Å². The first kappa shape index (κ1) is 13.3. The van der Waals surface area contributed by atoms with Crippen molar-refractivity contribution in [3.8, 4) is 17.0 Å². The first-order valence-corrected chi connectivity index (χ1v) is 6.35. The topological polar surface area (TPSA) is 47.0 Å². The van der Waals surface area contributed by atoms with Crippen molar-refractivity contribution in [3.05, 3.63) is 35.9 Å². The molecule has 0 amide bonds. The van der Waals surface area contributed by atoms with E-state index in [0.29, 0.717) is 5.92 Å². The third-order valence-electron chi connectivity index (χ3n) is 3.07. The van der Waals surface area contributed by atoms with Crippen molar-refractivity contribution < 1.29 is 4.74 Å². The van der Waals surface area contributed by atoms with Gasteiger partial charge >= 0.3 is 0 Å². The van der Waals surface area contributed by atoms with Crippen LogP contribution in [0, 0.1) is 0 Å². The van der Waals surface area contributed by atoms with E-state index >= 15 is 0 Å². The molecule has 0 bridgehead atoms. The van der Waals surface area contributed by atoms with Crippen molar-refractivity contribution in [2.24, 2.45) is 0 Å². The van der Waals surface area contributed by atoms with Crippen molar-refractivity contribution in [1.29, 1.82) is 0 Å². The number of hydrogen-bond acceptors (Lipinski definition) is 4. The molecule has 4 nitrogen and oxygen atoms in total. The Labute approximate surface area is 113 Å². The lowest BCUT2D eigenvalue weighted by atomic mass is 9.98. The number of methoxy groups -OCH3 is 1. The Hall–Kier alpha value is -2.10. The van der Waals surface area contributed by atoms with Crippen molar-refractivity contribution in [2.45, 2.75) is 19.8 Å². The van der Waals surface area contributed by atoms with E-state index in [1.807, 2.05) is 31.3 Å². The van der Waals surface area contributed by atoms with Crippen molar-refractivity contribution in [3.63, 3.8) is 0 Å². The molecular weight excluding hydrogens is 238 g/mol. The third-order valence-corrected chi connectivity index (χ3v) is 3.07. The minimum Gasteiger partial charge on any atom is -0.496 e. The van der Waals surface area contributed by atoms with Crippen LogP contribution in [0.1, 0.15) is 25.3 Å². The lowest BCUT2D eigenvalue weighted by Gasteiger charge is -2.13. The first-order valence-electron chi connectivity index (χ1n) is 6.35. The predicted molar refractivity (Wildman–Crippen MR) is 77.7 cm³/mol. The highest BCUT2D eigenvalue weighted by atomic mass is 16.5. The molecule has 0 aliphatic heterocycles. The van der Waals surface area contributed by atoms with Crippen LogP contribution < -0.4 is 10.1 Å². The molecule has 0 atom stereocenters. The molecule has 0 saturated heterocycles. The van der Waals surface area contributed by atoms with E-state index in [9.17, 15) is 0 Å². The zero-order chi connectivity index (χ0) is 13.8. The van der Waals surface area contributed by atoms with Crippen LogP contribution in [0.5, 0.6) is 5.75 Å². The van der Waals surface area contributed by atoms with E-state index in [-0.39, 0.29) is 0 Å². The summed E-state index contributed by atoms with van der Waals surface area (Å²) in [5, 5.41) is 11.3. The van der Waals surface area contributed by atoms with Gasteiger partial charge in [-0.25, -0.2) is 0 Å². The number of anilines is 1. The third kappa shape index (κ3) is 2.84. The van der Waals surface area contributed by atoms with Crippen molar-refractivity contribution in [2.75, 3.05) is 19.5 Å². The van der Waals surface area contributed by atoms with Gasteiger partial charge in [0.1, 0.15) is 11.6 Å². The van der Waals surface area contributed by atoms with Crippen LogP contribution in [-0.2, 0) is 0 Å². The molecule has 0 radical (unpaired) electrons. The van der Waals surface area contributed by atoms with Crippen LogP contribution in [0.15, 0.2) is 30.3 Å². The van der Waals surface area contributed by atoms with Crippen LogP contribution in [0.2, 0.25) is 0 Å². The number of ether oxygens (including phenoxy) is 1. The van der Waals surface area contributed by atoms with Gasteiger partial charge < -0.3 is 10.1 Å². The zero-order valence-electron chi connectivity index (χ0n) is 11.8. The summed E-state index contributed by atoms with van der Waals surface area (Å²) in [7, 11) is 3.52. The Bertz CT molecular complexity index is 550. The Kier molecular flexibility index (Phi) is 4.00. The van der Waals surface area contributed by atoms with Crippen molar-refractivity contribution in [1.82, 2.24) is 10.2 Å². The van der Waals surface area contributed by atoms with E-state index in [0.717, 1.165) is 22.8 Å². The van der Waals surface area contributed by atoms with E-state index in [2.05, 4.69) is 35.4 Å². The summed E-state index contributed by atoms with van der Waals surface area (Å²) in [4.78, 5) is 0.